The van der Waals surface area contributed by atoms with Crippen LogP contribution in [0.15, 0.2) is 72.5 Å². The molecule has 2 heterocycles. The molecule has 1 aromatic heterocycles. The average molecular weight is 705 g/mol. The van der Waals surface area contributed by atoms with Crippen LogP contribution >= 0.6 is 0 Å². The normalized spacial score (nSPS) is 37.2. The topological polar surface area (TPSA) is 173 Å². The first kappa shape index (κ1) is 36.5. The number of hydrogen-bond acceptors (Lipinski definition) is 10. The van der Waals surface area contributed by atoms with Crippen molar-refractivity contribution >= 4 is 23.8 Å². The molecule has 2 aromatic rings. The van der Waals surface area contributed by atoms with Crippen LogP contribution in [0.25, 0.3) is 0 Å². The second kappa shape index (κ2) is 14.8. The van der Waals surface area contributed by atoms with Gasteiger partial charge in [-0.15, -0.1) is 0 Å². The van der Waals surface area contributed by atoms with Crippen LogP contribution in [-0.2, 0) is 39.8 Å². The number of nitrogens with one attached hydrogen (secondary N) is 2. The summed E-state index contributed by atoms with van der Waals surface area (Å²) in [5.41, 5.74) is 0.445. The minimum absolute atomic E-state index is 0.0874. The summed E-state index contributed by atoms with van der Waals surface area (Å²) in [6.07, 6.45) is 3.49. The van der Waals surface area contributed by atoms with E-state index in [2.05, 4.69) is 10.3 Å². The number of aromatic amines is 1. The van der Waals surface area contributed by atoms with Crippen molar-refractivity contribution in [2.45, 2.75) is 76.7 Å². The number of esters is 3. The maximum Gasteiger partial charge on any atom is 0.397 e. The largest absolute Gasteiger partial charge is 0.457 e. The number of benzene rings is 1. The molecule has 1 aliphatic heterocycles. The van der Waals surface area contributed by atoms with E-state index in [4.69, 9.17) is 18.9 Å². The number of methoxy groups -OCH3 is 1. The van der Waals surface area contributed by atoms with Crippen LogP contribution in [0.3, 0.4) is 0 Å². The molecule has 13 atom stereocenters. The second-order valence-electron chi connectivity index (χ2n) is 14.6. The standard InChI is InChI=1S/C39H48N2O10/c1-20-18-21(2)39(47)25(13-14-26-29-30(31(26)39)32(42)22(3)34(29)51-36(44)27-12-9-16-40-27)19-28(48-5)37(45)50-33(20)23(4)49-38(46)35(43)41-17-15-24-10-7-6-8-11-24/h6-14,16,18,20,22-23,25-26,28-34,40,42,47H,15,17,19H2,1-5H3,(H,41,43)/b21-18+/t20-,22-,23-,25-,26?,28+,29+,30?,31?,32-,33+,34-,39+/m1/s1. The number of ether oxygens (including phenoxy) is 4. The van der Waals surface area contributed by atoms with E-state index in [1.165, 1.54) is 7.11 Å². The van der Waals surface area contributed by atoms with Gasteiger partial charge in [0.05, 0.1) is 11.7 Å². The summed E-state index contributed by atoms with van der Waals surface area (Å²) >= 11 is 0. The molecule has 1 aromatic carbocycles. The lowest BCUT2D eigenvalue weighted by molar-refractivity contribution is -0.189. The van der Waals surface area contributed by atoms with E-state index < -0.39 is 77.7 Å². The summed E-state index contributed by atoms with van der Waals surface area (Å²) in [5, 5.41) is 27.0. The lowest BCUT2D eigenvalue weighted by Gasteiger charge is -2.61. The van der Waals surface area contributed by atoms with Crippen molar-refractivity contribution in [1.82, 2.24) is 10.3 Å². The molecule has 3 aliphatic carbocycles. The van der Waals surface area contributed by atoms with Crippen LogP contribution in [-0.4, -0.2) is 88.8 Å². The third-order valence-corrected chi connectivity index (χ3v) is 11.7. The summed E-state index contributed by atoms with van der Waals surface area (Å²) in [5.74, 6) is -5.93. The number of carbonyl (C=O) groups excluding carboxylic acids is 4. The Balaban J connectivity index is 1.22. The highest BCUT2D eigenvalue weighted by molar-refractivity contribution is 6.32. The highest BCUT2D eigenvalue weighted by atomic mass is 16.6. The van der Waals surface area contributed by atoms with Crippen LogP contribution < -0.4 is 5.32 Å². The number of hydrogen-bond donors (Lipinski definition) is 4. The van der Waals surface area contributed by atoms with Gasteiger partial charge in [0.2, 0.25) is 0 Å². The van der Waals surface area contributed by atoms with Gasteiger partial charge in [0.1, 0.15) is 24.0 Å². The van der Waals surface area contributed by atoms with Crippen molar-refractivity contribution in [3.8, 4) is 0 Å². The van der Waals surface area contributed by atoms with Crippen molar-refractivity contribution in [2.24, 2.45) is 41.4 Å². The molecule has 274 valence electrons. The monoisotopic (exact) mass is 704 g/mol. The maximum absolute atomic E-state index is 13.6. The van der Waals surface area contributed by atoms with Gasteiger partial charge in [-0.3, -0.25) is 4.79 Å². The average Bonchev–Trinajstić information content (AvgIpc) is 3.71. The predicted molar refractivity (Wildman–Crippen MR) is 184 cm³/mol. The zero-order valence-electron chi connectivity index (χ0n) is 29.6. The minimum atomic E-state index is -1.49. The highest BCUT2D eigenvalue weighted by Gasteiger charge is 2.71. The Hall–Kier alpha value is -4.26. The number of aliphatic hydroxyl groups is 2. The number of rotatable bonds is 8. The minimum Gasteiger partial charge on any atom is -0.457 e. The van der Waals surface area contributed by atoms with Crippen molar-refractivity contribution in [3.63, 3.8) is 0 Å². The molecule has 51 heavy (non-hydrogen) atoms. The van der Waals surface area contributed by atoms with Crippen LogP contribution in [0.2, 0.25) is 0 Å². The SMILES string of the molecule is CO[C@H]1C[C@H]2C=CC3C(C4[C@H]3[C@H](OC(=O)c3ccc[nH]3)[C@H](C)[C@H]4O)[C@]2(O)/C(C)=C/[C@@H](C)[C@@H]([C@@H](C)OC(=O)C(=O)NCCc2ccccc2)OC1=O. The fraction of sp³-hybridized carbons (Fsp3) is 0.538. The summed E-state index contributed by atoms with van der Waals surface area (Å²) in [6, 6.07) is 12.9. The van der Waals surface area contributed by atoms with E-state index in [1.807, 2.05) is 62.4 Å². The molecule has 0 saturated heterocycles. The van der Waals surface area contributed by atoms with Crippen molar-refractivity contribution in [1.29, 1.82) is 0 Å². The van der Waals surface area contributed by atoms with Gasteiger partial charge in [0, 0.05) is 49.4 Å². The summed E-state index contributed by atoms with van der Waals surface area (Å²) < 4.78 is 23.0. The number of amides is 1. The number of H-pyrrole nitrogens is 1. The van der Waals surface area contributed by atoms with Gasteiger partial charge in [-0.2, -0.15) is 0 Å². The van der Waals surface area contributed by atoms with E-state index in [-0.39, 0.29) is 36.6 Å². The van der Waals surface area contributed by atoms with Crippen molar-refractivity contribution in [2.75, 3.05) is 13.7 Å². The molecule has 2 fully saturated rings. The first-order chi connectivity index (χ1) is 24.4. The molecule has 0 bridgehead atoms. The van der Waals surface area contributed by atoms with E-state index >= 15 is 0 Å². The molecule has 12 heteroatoms. The van der Waals surface area contributed by atoms with Crippen LogP contribution in [0.4, 0.5) is 0 Å². The molecule has 1 amide bonds. The molecule has 3 unspecified atom stereocenters. The maximum atomic E-state index is 13.6. The van der Waals surface area contributed by atoms with Gasteiger partial charge in [-0.1, -0.05) is 62.4 Å². The number of aromatic nitrogens is 1. The number of cyclic esters (lactones) is 1. The Morgan fingerprint density at radius 3 is 2.53 bits per heavy atom. The molecular weight excluding hydrogens is 656 g/mol. The third kappa shape index (κ3) is 6.76. The molecule has 0 radical (unpaired) electrons. The van der Waals surface area contributed by atoms with E-state index in [0.29, 0.717) is 17.7 Å². The molecule has 6 rings (SSSR count). The molecular formula is C39H48N2O10. The number of allylic oxidation sites excluding steroid dienone is 1. The first-order valence-electron chi connectivity index (χ1n) is 17.7. The molecule has 12 nitrogen and oxygen atoms in total. The number of fused-ring (bicyclic) bond motifs is 6. The Morgan fingerprint density at radius 1 is 1.10 bits per heavy atom. The quantitative estimate of drug-likeness (QED) is 0.138. The highest BCUT2D eigenvalue weighted by Crippen LogP contribution is 2.66. The van der Waals surface area contributed by atoms with Crippen LogP contribution in [0.5, 0.6) is 0 Å². The fourth-order valence-corrected chi connectivity index (χ4v) is 9.06. The zero-order valence-corrected chi connectivity index (χ0v) is 29.6. The van der Waals surface area contributed by atoms with Crippen molar-refractivity contribution < 1.29 is 48.3 Å². The van der Waals surface area contributed by atoms with Gasteiger partial charge in [0.15, 0.2) is 6.10 Å². The fourth-order valence-electron chi connectivity index (χ4n) is 9.06. The van der Waals surface area contributed by atoms with Gasteiger partial charge in [-0.05, 0) is 61.8 Å². The predicted octanol–water partition coefficient (Wildman–Crippen LogP) is 3.15. The number of aliphatic hydroxyl groups excluding tert-OH is 1. The number of carbonyl (C=O) groups is 4. The lowest BCUT2D eigenvalue weighted by atomic mass is 9.46. The van der Waals surface area contributed by atoms with E-state index in [1.54, 1.807) is 32.2 Å². The molecule has 2 saturated carbocycles. The Morgan fingerprint density at radius 2 is 1.84 bits per heavy atom. The molecule has 4 N–H and O–H groups in total. The van der Waals surface area contributed by atoms with Gasteiger partial charge in [-0.25, -0.2) is 14.4 Å². The van der Waals surface area contributed by atoms with Gasteiger partial charge in [0.25, 0.3) is 0 Å². The summed E-state index contributed by atoms with van der Waals surface area (Å²) in [7, 11) is 1.39. The smallest absolute Gasteiger partial charge is 0.397 e. The Kier molecular flexibility index (Phi) is 10.6. The van der Waals surface area contributed by atoms with Crippen LogP contribution in [0, 0.1) is 41.4 Å². The zero-order chi connectivity index (χ0) is 36.6. The van der Waals surface area contributed by atoms with Gasteiger partial charge >= 0.3 is 23.8 Å². The van der Waals surface area contributed by atoms with Crippen LogP contribution in [0.1, 0.15) is 50.2 Å². The summed E-state index contributed by atoms with van der Waals surface area (Å²) in [4.78, 5) is 54.8. The van der Waals surface area contributed by atoms with E-state index in [9.17, 15) is 29.4 Å². The lowest BCUT2D eigenvalue weighted by Crippen LogP contribution is -2.65. The van der Waals surface area contributed by atoms with E-state index in [0.717, 1.165) is 5.56 Å². The first-order valence-corrected chi connectivity index (χ1v) is 17.7. The Bertz CT molecular complexity index is 1660. The molecule has 0 spiro atoms. The Labute approximate surface area is 297 Å². The summed E-state index contributed by atoms with van der Waals surface area (Å²) in [6.45, 7) is 7.26. The van der Waals surface area contributed by atoms with Crippen molar-refractivity contribution in [3.05, 3.63) is 83.7 Å². The second-order valence-corrected chi connectivity index (χ2v) is 14.6. The van der Waals surface area contributed by atoms with Gasteiger partial charge < -0.3 is 39.5 Å². The third-order valence-electron chi connectivity index (χ3n) is 11.7. The molecule has 4 aliphatic rings.